The summed E-state index contributed by atoms with van der Waals surface area (Å²) in [6, 6.07) is 12.3. The molecule has 0 aliphatic heterocycles. The molecular weight excluding hydrogens is 284 g/mol. The Morgan fingerprint density at radius 2 is 1.91 bits per heavy atom. The predicted molar refractivity (Wildman–Crippen MR) is 96.5 cm³/mol. The zero-order valence-electron chi connectivity index (χ0n) is 13.8. The van der Waals surface area contributed by atoms with Crippen LogP contribution in [-0.2, 0) is 12.8 Å². The van der Waals surface area contributed by atoms with Crippen LogP contribution in [0.2, 0.25) is 0 Å². The second-order valence-electron chi connectivity index (χ2n) is 6.30. The number of aliphatic hydroxyl groups is 1. The van der Waals surface area contributed by atoms with E-state index in [0.29, 0.717) is 0 Å². The number of aryl methyl sites for hydroxylation is 3. The first-order chi connectivity index (χ1) is 11.1. The van der Waals surface area contributed by atoms with Crippen LogP contribution in [0, 0.1) is 6.92 Å². The molecular formula is C20H24N2O. The summed E-state index contributed by atoms with van der Waals surface area (Å²) in [6.45, 7) is 3.92. The van der Waals surface area contributed by atoms with Crippen LogP contribution in [0.15, 0.2) is 42.6 Å². The summed E-state index contributed by atoms with van der Waals surface area (Å²) >= 11 is 0. The summed E-state index contributed by atoms with van der Waals surface area (Å²) in [5.74, 6) is 0. The van der Waals surface area contributed by atoms with Crippen LogP contribution in [-0.4, -0.2) is 10.1 Å². The SMILES string of the molecule is Cc1cc(N)ccc1CCCc1c[nH]c2c(C(C)O)cccc12. The van der Waals surface area contributed by atoms with Crippen LogP contribution in [0.5, 0.6) is 0 Å². The molecule has 3 aromatic rings. The second-order valence-corrected chi connectivity index (χ2v) is 6.30. The molecule has 0 aliphatic carbocycles. The smallest absolute Gasteiger partial charge is 0.0782 e. The zero-order valence-corrected chi connectivity index (χ0v) is 13.8. The molecule has 0 bridgehead atoms. The minimum Gasteiger partial charge on any atom is -0.399 e. The lowest BCUT2D eigenvalue weighted by Crippen LogP contribution is -1.95. The molecule has 3 rings (SSSR count). The van der Waals surface area contributed by atoms with Gasteiger partial charge in [-0.1, -0.05) is 24.3 Å². The van der Waals surface area contributed by atoms with Crippen molar-refractivity contribution in [2.24, 2.45) is 0 Å². The molecule has 4 N–H and O–H groups in total. The Kier molecular flexibility index (Phi) is 4.39. The van der Waals surface area contributed by atoms with Crippen LogP contribution < -0.4 is 5.73 Å². The molecule has 2 aromatic carbocycles. The Hall–Kier alpha value is -2.26. The van der Waals surface area contributed by atoms with Crippen LogP contribution in [0.4, 0.5) is 5.69 Å². The van der Waals surface area contributed by atoms with Gasteiger partial charge in [0.25, 0.3) is 0 Å². The fraction of sp³-hybridized carbons (Fsp3) is 0.300. The highest BCUT2D eigenvalue weighted by Gasteiger charge is 2.10. The lowest BCUT2D eigenvalue weighted by molar-refractivity contribution is 0.200. The molecule has 0 aliphatic rings. The van der Waals surface area contributed by atoms with E-state index in [1.807, 2.05) is 24.3 Å². The number of nitrogens with one attached hydrogen (secondary N) is 1. The summed E-state index contributed by atoms with van der Waals surface area (Å²) in [7, 11) is 0. The van der Waals surface area contributed by atoms with Gasteiger partial charge in [0.05, 0.1) is 11.6 Å². The minimum atomic E-state index is -0.456. The molecule has 0 radical (unpaired) electrons. The van der Waals surface area contributed by atoms with Gasteiger partial charge < -0.3 is 15.8 Å². The number of nitrogens with two attached hydrogens (primary N) is 1. The normalized spacial score (nSPS) is 12.7. The maximum atomic E-state index is 9.88. The molecule has 1 aromatic heterocycles. The highest BCUT2D eigenvalue weighted by Crippen LogP contribution is 2.27. The maximum Gasteiger partial charge on any atom is 0.0782 e. The number of H-pyrrole nitrogens is 1. The molecule has 1 atom stereocenters. The Bertz CT molecular complexity index is 818. The largest absolute Gasteiger partial charge is 0.399 e. The molecule has 23 heavy (non-hydrogen) atoms. The summed E-state index contributed by atoms with van der Waals surface area (Å²) in [6.07, 6.45) is 4.79. The second kappa shape index (κ2) is 6.47. The van der Waals surface area contributed by atoms with Crippen molar-refractivity contribution in [2.45, 2.75) is 39.2 Å². The monoisotopic (exact) mass is 308 g/mol. The van der Waals surface area contributed by atoms with Gasteiger partial charge in [-0.2, -0.15) is 0 Å². The number of hydrogen-bond acceptors (Lipinski definition) is 2. The van der Waals surface area contributed by atoms with Gasteiger partial charge in [-0.3, -0.25) is 0 Å². The number of fused-ring (bicyclic) bond motifs is 1. The Morgan fingerprint density at radius 1 is 1.13 bits per heavy atom. The quantitative estimate of drug-likeness (QED) is 0.616. The Balaban J connectivity index is 1.74. The topological polar surface area (TPSA) is 62.0 Å². The minimum absolute atomic E-state index is 0.456. The van der Waals surface area contributed by atoms with Crippen molar-refractivity contribution in [2.75, 3.05) is 5.73 Å². The van der Waals surface area contributed by atoms with Gasteiger partial charge in [0.15, 0.2) is 0 Å². The Morgan fingerprint density at radius 3 is 2.65 bits per heavy atom. The molecule has 1 heterocycles. The van der Waals surface area contributed by atoms with Gasteiger partial charge in [-0.25, -0.2) is 0 Å². The Labute approximate surface area is 137 Å². The molecule has 1 unspecified atom stereocenters. The highest BCUT2D eigenvalue weighted by atomic mass is 16.3. The van der Waals surface area contributed by atoms with E-state index in [2.05, 4.69) is 30.2 Å². The van der Waals surface area contributed by atoms with Gasteiger partial charge in [0, 0.05) is 22.8 Å². The van der Waals surface area contributed by atoms with E-state index in [-0.39, 0.29) is 0 Å². The summed E-state index contributed by atoms with van der Waals surface area (Å²) in [4.78, 5) is 3.33. The molecule has 0 fully saturated rings. The van der Waals surface area contributed by atoms with E-state index in [4.69, 9.17) is 5.73 Å². The summed E-state index contributed by atoms with van der Waals surface area (Å²) in [5.41, 5.74) is 12.6. The average molecular weight is 308 g/mol. The number of aromatic nitrogens is 1. The summed E-state index contributed by atoms with van der Waals surface area (Å²) in [5, 5.41) is 11.1. The van der Waals surface area contributed by atoms with Crippen molar-refractivity contribution in [1.29, 1.82) is 0 Å². The van der Waals surface area contributed by atoms with Gasteiger partial charge in [0.1, 0.15) is 0 Å². The van der Waals surface area contributed by atoms with Crippen LogP contribution in [0.25, 0.3) is 10.9 Å². The third kappa shape index (κ3) is 3.25. The van der Waals surface area contributed by atoms with Crippen LogP contribution in [0.3, 0.4) is 0 Å². The number of hydrogen-bond donors (Lipinski definition) is 3. The van der Waals surface area contributed by atoms with E-state index in [1.165, 1.54) is 22.1 Å². The van der Waals surface area contributed by atoms with Crippen molar-refractivity contribution >= 4 is 16.6 Å². The number of nitrogen functional groups attached to an aromatic ring is 1. The summed E-state index contributed by atoms with van der Waals surface area (Å²) < 4.78 is 0. The first-order valence-electron chi connectivity index (χ1n) is 8.18. The molecule has 3 nitrogen and oxygen atoms in total. The zero-order chi connectivity index (χ0) is 16.4. The molecule has 0 amide bonds. The number of aromatic amines is 1. The standard InChI is InChI=1S/C20H24N2O/c1-13-11-17(21)10-9-15(13)5-3-6-16-12-22-20-18(14(2)23)7-4-8-19(16)20/h4,7-12,14,22-23H,3,5-6,21H2,1-2H3. The van der Waals surface area contributed by atoms with Crippen LogP contribution >= 0.6 is 0 Å². The van der Waals surface area contributed by atoms with Gasteiger partial charge in [-0.05, 0) is 61.9 Å². The van der Waals surface area contributed by atoms with E-state index in [0.717, 1.165) is 36.0 Å². The fourth-order valence-electron chi connectivity index (χ4n) is 3.26. The molecule has 0 spiro atoms. The molecule has 0 saturated carbocycles. The van der Waals surface area contributed by atoms with Gasteiger partial charge in [-0.15, -0.1) is 0 Å². The van der Waals surface area contributed by atoms with Gasteiger partial charge in [0.2, 0.25) is 0 Å². The van der Waals surface area contributed by atoms with E-state index in [9.17, 15) is 5.11 Å². The highest BCUT2D eigenvalue weighted by molar-refractivity contribution is 5.86. The third-order valence-corrected chi connectivity index (χ3v) is 4.54. The lowest BCUT2D eigenvalue weighted by Gasteiger charge is -2.08. The number of anilines is 1. The van der Waals surface area contributed by atoms with Gasteiger partial charge >= 0.3 is 0 Å². The van der Waals surface area contributed by atoms with E-state index < -0.39 is 6.10 Å². The van der Waals surface area contributed by atoms with E-state index >= 15 is 0 Å². The maximum absolute atomic E-state index is 9.88. The number of benzene rings is 2. The number of para-hydroxylation sites is 1. The molecule has 120 valence electrons. The number of aliphatic hydroxyl groups excluding tert-OH is 1. The fourth-order valence-corrected chi connectivity index (χ4v) is 3.26. The van der Waals surface area contributed by atoms with Crippen molar-refractivity contribution in [3.63, 3.8) is 0 Å². The van der Waals surface area contributed by atoms with Crippen molar-refractivity contribution < 1.29 is 5.11 Å². The van der Waals surface area contributed by atoms with Crippen molar-refractivity contribution in [3.8, 4) is 0 Å². The predicted octanol–water partition coefficient (Wildman–Crippen LogP) is 4.29. The van der Waals surface area contributed by atoms with Crippen molar-refractivity contribution in [1.82, 2.24) is 4.98 Å². The van der Waals surface area contributed by atoms with Crippen molar-refractivity contribution in [3.05, 3.63) is 64.8 Å². The first-order valence-corrected chi connectivity index (χ1v) is 8.18. The van der Waals surface area contributed by atoms with E-state index in [1.54, 1.807) is 6.92 Å². The van der Waals surface area contributed by atoms with Crippen LogP contribution in [0.1, 0.15) is 41.7 Å². The average Bonchev–Trinajstić information content (AvgIpc) is 2.92. The molecule has 0 saturated heterocycles. The first kappa shape index (κ1) is 15.6. The third-order valence-electron chi connectivity index (χ3n) is 4.54. The lowest BCUT2D eigenvalue weighted by atomic mass is 9.99. The molecule has 3 heteroatoms. The number of rotatable bonds is 5.